The van der Waals surface area contributed by atoms with Gasteiger partial charge in [-0.05, 0) is 41.8 Å². The Balaban J connectivity index is 2.02. The topological polar surface area (TPSA) is 88.8 Å². The molecule has 8 heteroatoms. The molecular formula is C25H28N2O6. The quantitative estimate of drug-likeness (QED) is 0.347. The predicted octanol–water partition coefficient (Wildman–Crippen LogP) is 3.08. The first kappa shape index (κ1) is 23.8. The van der Waals surface area contributed by atoms with Crippen molar-refractivity contribution in [2.45, 2.75) is 32.9 Å². The first-order valence-corrected chi connectivity index (χ1v) is 10.7. The number of carbonyl (C=O) groups excluding carboxylic acids is 1. The molecule has 8 nitrogen and oxygen atoms in total. The van der Waals surface area contributed by atoms with E-state index < -0.39 is 17.2 Å². The molecule has 0 spiro atoms. The minimum Gasteiger partial charge on any atom is -0.497 e. The van der Waals surface area contributed by atoms with Crippen LogP contribution in [0.2, 0.25) is 0 Å². The molecule has 3 rings (SSSR count). The molecule has 0 saturated heterocycles. The summed E-state index contributed by atoms with van der Waals surface area (Å²) in [4.78, 5) is 38.9. The normalized spacial score (nSPS) is 10.6. The Morgan fingerprint density at radius 2 is 1.33 bits per heavy atom. The van der Waals surface area contributed by atoms with E-state index in [0.717, 1.165) is 22.1 Å². The summed E-state index contributed by atoms with van der Waals surface area (Å²) >= 11 is 0. The van der Waals surface area contributed by atoms with Gasteiger partial charge in [0.15, 0.2) is 0 Å². The van der Waals surface area contributed by atoms with Gasteiger partial charge in [-0.25, -0.2) is 9.59 Å². The highest BCUT2D eigenvalue weighted by atomic mass is 16.5. The van der Waals surface area contributed by atoms with Crippen LogP contribution >= 0.6 is 0 Å². The van der Waals surface area contributed by atoms with Gasteiger partial charge >= 0.3 is 11.7 Å². The van der Waals surface area contributed by atoms with Crippen molar-refractivity contribution in [3.63, 3.8) is 0 Å². The number of rotatable bonds is 10. The highest BCUT2D eigenvalue weighted by molar-refractivity contribution is 5.87. The second-order valence-electron chi connectivity index (χ2n) is 7.51. The molecule has 33 heavy (non-hydrogen) atoms. The fraction of sp³-hybridized carbons (Fsp3) is 0.320. The standard InChI is InChI=1S/C25H28N2O6/c1-4-5-14-33-24(29)22-15-23(28)27(17-19-8-12-21(32-3)13-9-19)25(30)26(22)16-18-6-10-20(31-2)11-7-18/h6-13,15H,4-5,14,16-17H2,1-3H3. The molecule has 1 heterocycles. The molecule has 0 aliphatic carbocycles. The molecule has 2 aromatic carbocycles. The van der Waals surface area contributed by atoms with Crippen molar-refractivity contribution in [2.75, 3.05) is 20.8 Å². The van der Waals surface area contributed by atoms with Gasteiger partial charge in [-0.3, -0.25) is 13.9 Å². The first-order valence-electron chi connectivity index (χ1n) is 10.7. The van der Waals surface area contributed by atoms with Crippen molar-refractivity contribution in [3.8, 4) is 11.5 Å². The van der Waals surface area contributed by atoms with Gasteiger partial charge in [-0.15, -0.1) is 0 Å². The number of methoxy groups -OCH3 is 2. The lowest BCUT2D eigenvalue weighted by molar-refractivity contribution is 0.0484. The third-order valence-electron chi connectivity index (χ3n) is 5.22. The molecule has 0 N–H and O–H groups in total. The van der Waals surface area contributed by atoms with Gasteiger partial charge < -0.3 is 14.2 Å². The Labute approximate surface area is 192 Å². The van der Waals surface area contributed by atoms with Crippen molar-refractivity contribution in [2.24, 2.45) is 0 Å². The molecule has 0 aliphatic heterocycles. The number of nitrogens with zero attached hydrogens (tertiary/aromatic N) is 2. The summed E-state index contributed by atoms with van der Waals surface area (Å²) in [5.74, 6) is 0.658. The molecule has 0 fully saturated rings. The first-order chi connectivity index (χ1) is 16.0. The smallest absolute Gasteiger partial charge is 0.355 e. The zero-order valence-corrected chi connectivity index (χ0v) is 19.1. The van der Waals surface area contributed by atoms with Crippen LogP contribution in [0.25, 0.3) is 0 Å². The lowest BCUT2D eigenvalue weighted by Gasteiger charge is -2.15. The molecule has 0 amide bonds. The molecule has 3 aromatic rings. The fourth-order valence-corrected chi connectivity index (χ4v) is 3.29. The zero-order chi connectivity index (χ0) is 23.8. The van der Waals surface area contributed by atoms with E-state index in [9.17, 15) is 14.4 Å². The maximum Gasteiger partial charge on any atom is 0.355 e. The maximum atomic E-state index is 13.4. The number of carbonyl (C=O) groups is 1. The van der Waals surface area contributed by atoms with Crippen molar-refractivity contribution >= 4 is 5.97 Å². The van der Waals surface area contributed by atoms with Crippen LogP contribution < -0.4 is 20.7 Å². The van der Waals surface area contributed by atoms with Crippen LogP contribution in [0.4, 0.5) is 0 Å². The van der Waals surface area contributed by atoms with E-state index in [-0.39, 0.29) is 25.4 Å². The third-order valence-corrected chi connectivity index (χ3v) is 5.22. The van der Waals surface area contributed by atoms with Crippen LogP contribution in [0, 0.1) is 0 Å². The van der Waals surface area contributed by atoms with Crippen LogP contribution in [0.3, 0.4) is 0 Å². The lowest BCUT2D eigenvalue weighted by atomic mass is 10.2. The summed E-state index contributed by atoms with van der Waals surface area (Å²) in [6.07, 6.45) is 1.55. The number of hydrogen-bond acceptors (Lipinski definition) is 6. The van der Waals surface area contributed by atoms with Crippen molar-refractivity contribution in [3.05, 3.63) is 92.3 Å². The van der Waals surface area contributed by atoms with Gasteiger partial charge in [0.2, 0.25) is 0 Å². The molecule has 1 aromatic heterocycles. The second-order valence-corrected chi connectivity index (χ2v) is 7.51. The van der Waals surface area contributed by atoms with Crippen LogP contribution in [0.5, 0.6) is 11.5 Å². The average Bonchev–Trinajstić information content (AvgIpc) is 2.84. The van der Waals surface area contributed by atoms with E-state index in [1.54, 1.807) is 62.8 Å². The van der Waals surface area contributed by atoms with Crippen LogP contribution in [-0.4, -0.2) is 35.9 Å². The predicted molar refractivity (Wildman–Crippen MR) is 124 cm³/mol. The summed E-state index contributed by atoms with van der Waals surface area (Å²) in [6, 6.07) is 15.4. The van der Waals surface area contributed by atoms with Gasteiger partial charge in [0.05, 0.1) is 33.9 Å². The Bertz CT molecular complexity index is 1190. The summed E-state index contributed by atoms with van der Waals surface area (Å²) in [6.45, 7) is 2.37. The molecule has 0 saturated carbocycles. The van der Waals surface area contributed by atoms with Crippen LogP contribution in [0.15, 0.2) is 64.2 Å². The number of esters is 1. The molecule has 174 valence electrons. The van der Waals surface area contributed by atoms with Crippen molar-refractivity contribution in [1.82, 2.24) is 9.13 Å². The van der Waals surface area contributed by atoms with Crippen molar-refractivity contribution < 1.29 is 19.0 Å². The van der Waals surface area contributed by atoms with E-state index in [1.165, 1.54) is 10.6 Å². The SMILES string of the molecule is CCCCOC(=O)c1cc(=O)n(Cc2ccc(OC)cc2)c(=O)n1Cc1ccc(OC)cc1. The van der Waals surface area contributed by atoms with Gasteiger partial charge in [0, 0.05) is 6.07 Å². The van der Waals surface area contributed by atoms with Crippen molar-refractivity contribution in [1.29, 1.82) is 0 Å². The third kappa shape index (κ3) is 5.91. The summed E-state index contributed by atoms with van der Waals surface area (Å²) in [5, 5.41) is 0. The van der Waals surface area contributed by atoms with Gasteiger partial charge in [0.25, 0.3) is 5.56 Å². The van der Waals surface area contributed by atoms with Crippen LogP contribution in [0.1, 0.15) is 41.4 Å². The summed E-state index contributed by atoms with van der Waals surface area (Å²) in [5.41, 5.74) is 0.308. The number of aromatic nitrogens is 2. The highest BCUT2D eigenvalue weighted by Gasteiger charge is 2.19. The Kier molecular flexibility index (Phi) is 8.07. The molecular weight excluding hydrogens is 424 g/mol. The average molecular weight is 453 g/mol. The molecule has 0 bridgehead atoms. The molecule has 0 atom stereocenters. The Morgan fingerprint density at radius 3 is 1.82 bits per heavy atom. The van der Waals surface area contributed by atoms with Gasteiger partial charge in [-0.1, -0.05) is 37.6 Å². The van der Waals surface area contributed by atoms with E-state index >= 15 is 0 Å². The minimum absolute atomic E-state index is 0.0649. The maximum absolute atomic E-state index is 13.4. The Hall–Kier alpha value is -3.81. The van der Waals surface area contributed by atoms with E-state index in [1.807, 2.05) is 6.92 Å². The second kappa shape index (κ2) is 11.2. The fourth-order valence-electron chi connectivity index (χ4n) is 3.29. The monoisotopic (exact) mass is 452 g/mol. The minimum atomic E-state index is -0.692. The van der Waals surface area contributed by atoms with E-state index in [0.29, 0.717) is 17.9 Å². The summed E-state index contributed by atoms with van der Waals surface area (Å²) in [7, 11) is 3.13. The number of unbranched alkanes of at least 4 members (excludes halogenated alkanes) is 1. The van der Waals surface area contributed by atoms with E-state index in [2.05, 4.69) is 0 Å². The zero-order valence-electron chi connectivity index (χ0n) is 19.1. The number of ether oxygens (including phenoxy) is 3. The number of benzene rings is 2. The summed E-state index contributed by atoms with van der Waals surface area (Å²) < 4.78 is 18.0. The van der Waals surface area contributed by atoms with Crippen LogP contribution in [-0.2, 0) is 17.8 Å². The Morgan fingerprint density at radius 1 is 0.818 bits per heavy atom. The largest absolute Gasteiger partial charge is 0.497 e. The molecule has 0 aliphatic rings. The molecule has 0 unspecified atom stereocenters. The number of hydrogen-bond donors (Lipinski definition) is 0. The van der Waals surface area contributed by atoms with E-state index in [4.69, 9.17) is 14.2 Å². The van der Waals surface area contributed by atoms with Gasteiger partial charge in [0.1, 0.15) is 17.2 Å². The molecule has 0 radical (unpaired) electrons. The highest BCUT2D eigenvalue weighted by Crippen LogP contribution is 2.14. The van der Waals surface area contributed by atoms with Gasteiger partial charge in [-0.2, -0.15) is 0 Å². The lowest BCUT2D eigenvalue weighted by Crippen LogP contribution is -2.42.